The van der Waals surface area contributed by atoms with Gasteiger partial charge in [0.15, 0.2) is 6.10 Å². The lowest BCUT2D eigenvalue weighted by atomic mass is 9.71. The van der Waals surface area contributed by atoms with Gasteiger partial charge in [-0.1, -0.05) is 27.2 Å². The van der Waals surface area contributed by atoms with Gasteiger partial charge in [-0.3, -0.25) is 0 Å². The molecule has 0 bridgehead atoms. The van der Waals surface area contributed by atoms with Gasteiger partial charge in [0.25, 0.3) is 0 Å². The molecule has 0 amide bonds. The van der Waals surface area contributed by atoms with E-state index in [1.165, 1.54) is 0 Å². The van der Waals surface area contributed by atoms with E-state index in [2.05, 4.69) is 20.8 Å². The number of ether oxygens (including phenoxy) is 2. The fourth-order valence-corrected chi connectivity index (χ4v) is 2.78. The summed E-state index contributed by atoms with van der Waals surface area (Å²) in [5.41, 5.74) is 5.98. The summed E-state index contributed by atoms with van der Waals surface area (Å²) in [6.45, 7) is 9.30. The Balaban J connectivity index is 2.71. The van der Waals surface area contributed by atoms with Crippen molar-refractivity contribution in [3.63, 3.8) is 0 Å². The molecule has 1 unspecified atom stereocenters. The van der Waals surface area contributed by atoms with Crippen LogP contribution in [0.2, 0.25) is 0 Å². The fourth-order valence-electron chi connectivity index (χ4n) is 2.78. The van der Waals surface area contributed by atoms with Crippen molar-refractivity contribution >= 4 is 5.97 Å². The second-order valence-corrected chi connectivity index (χ2v) is 6.70. The van der Waals surface area contributed by atoms with Gasteiger partial charge in [-0.25, -0.2) is 4.79 Å². The van der Waals surface area contributed by atoms with Crippen LogP contribution in [0.4, 0.5) is 0 Å². The summed E-state index contributed by atoms with van der Waals surface area (Å²) < 4.78 is 11.3. The third-order valence-corrected chi connectivity index (χ3v) is 4.38. The van der Waals surface area contributed by atoms with E-state index >= 15 is 0 Å². The molecule has 20 heavy (non-hydrogen) atoms. The minimum atomic E-state index is -0.468. The van der Waals surface area contributed by atoms with Crippen molar-refractivity contribution in [2.24, 2.45) is 11.1 Å². The molecule has 118 valence electrons. The molecule has 1 saturated carbocycles. The van der Waals surface area contributed by atoms with Gasteiger partial charge in [0, 0.05) is 6.54 Å². The molecule has 0 spiro atoms. The van der Waals surface area contributed by atoms with Gasteiger partial charge in [0.05, 0.1) is 12.2 Å². The highest BCUT2D eigenvalue weighted by atomic mass is 16.6. The van der Waals surface area contributed by atoms with E-state index in [1.54, 1.807) is 0 Å². The maximum absolute atomic E-state index is 12.0. The molecule has 0 aromatic heterocycles. The largest absolute Gasteiger partial charge is 0.464 e. The lowest BCUT2D eigenvalue weighted by Crippen LogP contribution is -2.49. The molecule has 1 aliphatic rings. The summed E-state index contributed by atoms with van der Waals surface area (Å²) in [4.78, 5) is 12.0. The third kappa shape index (κ3) is 4.74. The average molecular weight is 285 g/mol. The van der Waals surface area contributed by atoms with Crippen LogP contribution >= 0.6 is 0 Å². The van der Waals surface area contributed by atoms with Crippen molar-refractivity contribution in [1.29, 1.82) is 0 Å². The van der Waals surface area contributed by atoms with E-state index in [9.17, 15) is 4.79 Å². The highest BCUT2D eigenvalue weighted by Crippen LogP contribution is 2.42. The van der Waals surface area contributed by atoms with Crippen molar-refractivity contribution in [2.75, 3.05) is 13.2 Å². The van der Waals surface area contributed by atoms with Crippen molar-refractivity contribution in [3.05, 3.63) is 0 Å². The Kier molecular flexibility index (Phi) is 6.46. The Morgan fingerprint density at radius 2 is 1.80 bits per heavy atom. The monoisotopic (exact) mass is 285 g/mol. The Hall–Kier alpha value is -0.610. The van der Waals surface area contributed by atoms with E-state index in [-0.39, 0.29) is 11.6 Å². The molecular formula is C16H31NO3. The Morgan fingerprint density at radius 1 is 1.20 bits per heavy atom. The maximum atomic E-state index is 12.0. The number of carbonyl (C=O) groups is 1. The molecule has 4 nitrogen and oxygen atoms in total. The van der Waals surface area contributed by atoms with Crippen LogP contribution in [0.25, 0.3) is 0 Å². The number of rotatable bonds is 7. The first-order valence-electron chi connectivity index (χ1n) is 7.92. The van der Waals surface area contributed by atoms with Crippen molar-refractivity contribution < 1.29 is 14.3 Å². The normalized spacial score (nSPS) is 22.2. The van der Waals surface area contributed by atoms with Gasteiger partial charge < -0.3 is 15.2 Å². The quantitative estimate of drug-likeness (QED) is 0.730. The smallest absolute Gasteiger partial charge is 0.335 e. The van der Waals surface area contributed by atoms with Crippen LogP contribution in [0.1, 0.15) is 66.2 Å². The van der Waals surface area contributed by atoms with E-state index in [4.69, 9.17) is 15.2 Å². The summed E-state index contributed by atoms with van der Waals surface area (Å²) in [6, 6.07) is 0. The molecule has 1 aliphatic carbocycles. The first-order chi connectivity index (χ1) is 9.38. The lowest BCUT2D eigenvalue weighted by Gasteiger charge is -2.44. The molecule has 0 aromatic rings. The van der Waals surface area contributed by atoms with Crippen molar-refractivity contribution in [1.82, 2.24) is 0 Å². The van der Waals surface area contributed by atoms with E-state index in [1.807, 2.05) is 6.92 Å². The average Bonchev–Trinajstić information content (AvgIpc) is 2.41. The minimum Gasteiger partial charge on any atom is -0.464 e. The molecule has 0 radical (unpaired) electrons. The molecule has 0 aliphatic heterocycles. The van der Waals surface area contributed by atoms with Gasteiger partial charge >= 0.3 is 5.97 Å². The number of hydrogen-bond donors (Lipinski definition) is 1. The van der Waals surface area contributed by atoms with Crippen LogP contribution in [-0.2, 0) is 14.3 Å². The first kappa shape index (κ1) is 17.4. The van der Waals surface area contributed by atoms with Crippen molar-refractivity contribution in [3.8, 4) is 0 Å². The predicted octanol–water partition coefficient (Wildman–Crippen LogP) is 3.03. The zero-order valence-electron chi connectivity index (χ0n) is 13.5. The van der Waals surface area contributed by atoms with Gasteiger partial charge in [0.1, 0.15) is 0 Å². The zero-order valence-corrected chi connectivity index (χ0v) is 13.5. The summed E-state index contributed by atoms with van der Waals surface area (Å²) in [5, 5.41) is 0. The van der Waals surface area contributed by atoms with Crippen LogP contribution in [-0.4, -0.2) is 30.8 Å². The second kappa shape index (κ2) is 7.41. The predicted molar refractivity (Wildman–Crippen MR) is 80.4 cm³/mol. The van der Waals surface area contributed by atoms with Gasteiger partial charge in [-0.05, 0) is 44.4 Å². The summed E-state index contributed by atoms with van der Waals surface area (Å²) in [7, 11) is 0. The Bertz CT molecular complexity index is 305. The third-order valence-electron chi connectivity index (χ3n) is 4.38. The molecule has 0 heterocycles. The molecule has 0 saturated heterocycles. The number of nitrogens with two attached hydrogens (primary N) is 1. The molecule has 1 rings (SSSR count). The SMILES string of the molecule is CCCC(OC1(CN)CCC(C)(C)CC1)C(=O)OCC. The first-order valence-corrected chi connectivity index (χ1v) is 7.92. The van der Waals surface area contributed by atoms with Crippen LogP contribution in [0, 0.1) is 5.41 Å². The molecule has 1 atom stereocenters. The number of esters is 1. The lowest BCUT2D eigenvalue weighted by molar-refractivity contribution is -0.176. The van der Waals surface area contributed by atoms with Gasteiger partial charge in [-0.15, -0.1) is 0 Å². The van der Waals surface area contributed by atoms with Crippen LogP contribution in [0.15, 0.2) is 0 Å². The van der Waals surface area contributed by atoms with Gasteiger partial charge in [-0.2, -0.15) is 0 Å². The fraction of sp³-hybridized carbons (Fsp3) is 0.938. The molecule has 1 fully saturated rings. The minimum absolute atomic E-state index is 0.244. The number of hydrogen-bond acceptors (Lipinski definition) is 4. The van der Waals surface area contributed by atoms with E-state index in [0.717, 1.165) is 32.1 Å². The Morgan fingerprint density at radius 3 is 2.25 bits per heavy atom. The topological polar surface area (TPSA) is 61.5 Å². The molecule has 2 N–H and O–H groups in total. The number of carbonyl (C=O) groups excluding carboxylic acids is 1. The maximum Gasteiger partial charge on any atom is 0.335 e. The van der Waals surface area contributed by atoms with Crippen LogP contribution in [0.3, 0.4) is 0 Å². The van der Waals surface area contributed by atoms with Crippen molar-refractivity contribution in [2.45, 2.75) is 77.9 Å². The molecule has 0 aromatic carbocycles. The zero-order chi connectivity index (χ0) is 15.2. The van der Waals surface area contributed by atoms with E-state index in [0.29, 0.717) is 25.0 Å². The summed E-state index contributed by atoms with van der Waals surface area (Å²) in [5.74, 6) is -0.244. The van der Waals surface area contributed by atoms with Crippen LogP contribution in [0.5, 0.6) is 0 Å². The highest BCUT2D eigenvalue weighted by molar-refractivity contribution is 5.74. The molecule has 4 heteroatoms. The summed E-state index contributed by atoms with van der Waals surface area (Å²) >= 11 is 0. The Labute approximate surface area is 123 Å². The molecular weight excluding hydrogens is 254 g/mol. The highest BCUT2D eigenvalue weighted by Gasteiger charge is 2.41. The standard InChI is InChI=1S/C16H31NO3/c1-5-7-13(14(18)19-6-2)20-16(12-17)10-8-15(3,4)9-11-16/h13H,5-12,17H2,1-4H3. The van der Waals surface area contributed by atoms with E-state index < -0.39 is 6.10 Å². The van der Waals surface area contributed by atoms with Gasteiger partial charge in [0.2, 0.25) is 0 Å². The second-order valence-electron chi connectivity index (χ2n) is 6.70. The summed E-state index contributed by atoms with van der Waals surface area (Å²) in [6.07, 6.45) is 5.16. The van der Waals surface area contributed by atoms with Crippen LogP contribution < -0.4 is 5.73 Å².